The van der Waals surface area contributed by atoms with E-state index in [1.807, 2.05) is 58.0 Å². The molecule has 2 rings (SSSR count). The summed E-state index contributed by atoms with van der Waals surface area (Å²) in [5, 5.41) is 0. The Bertz CT molecular complexity index is 720. The number of ether oxygens (including phenoxy) is 2. The van der Waals surface area contributed by atoms with E-state index < -0.39 is 5.60 Å². The van der Waals surface area contributed by atoms with Crippen LogP contribution in [-0.2, 0) is 25.7 Å². The monoisotopic (exact) mass is 415 g/mol. The molecule has 1 aromatic rings. The maximum absolute atomic E-state index is 12.9. The van der Waals surface area contributed by atoms with Gasteiger partial charge in [-0.05, 0) is 52.0 Å². The number of carbonyl (C=O) groups is 2. The van der Waals surface area contributed by atoms with E-state index in [1.165, 1.54) is 0 Å². The lowest BCUT2D eigenvalue weighted by Gasteiger charge is -2.36. The Morgan fingerprint density at radius 3 is 2.47 bits per heavy atom. The quantitative estimate of drug-likeness (QED) is 0.407. The first kappa shape index (κ1) is 24.0. The van der Waals surface area contributed by atoms with Gasteiger partial charge in [-0.3, -0.25) is 4.79 Å². The molecule has 166 valence electrons. The van der Waals surface area contributed by atoms with Gasteiger partial charge < -0.3 is 14.4 Å². The van der Waals surface area contributed by atoms with Crippen LogP contribution in [0.3, 0.4) is 0 Å². The van der Waals surface area contributed by atoms with E-state index in [-0.39, 0.29) is 30.5 Å². The molecule has 2 atom stereocenters. The highest BCUT2D eigenvalue weighted by Crippen LogP contribution is 2.32. The minimum absolute atomic E-state index is 0.0329. The standard InChI is InChI=1S/C25H37NO4/c1-6-12-22(21(7-2)24(28)30-25(3,4)5)26-16-11-15-20(26)17-23(27)29-18-19-13-9-8-10-14-19/h8-10,13-14,17,21-22H,6-7,11-12,15-16,18H2,1-5H3/b20-17+/t21-,22-/m1/s1. The molecule has 0 bridgehead atoms. The largest absolute Gasteiger partial charge is 0.460 e. The van der Waals surface area contributed by atoms with Crippen LogP contribution in [0.25, 0.3) is 0 Å². The molecule has 1 fully saturated rings. The molecule has 0 aromatic heterocycles. The fraction of sp³-hybridized carbons (Fsp3) is 0.600. The predicted molar refractivity (Wildman–Crippen MR) is 119 cm³/mol. The van der Waals surface area contributed by atoms with Crippen molar-refractivity contribution in [3.05, 3.63) is 47.7 Å². The topological polar surface area (TPSA) is 55.8 Å². The second kappa shape index (κ2) is 11.2. The van der Waals surface area contributed by atoms with Gasteiger partial charge in [0.1, 0.15) is 12.2 Å². The molecule has 0 unspecified atom stereocenters. The van der Waals surface area contributed by atoms with E-state index in [0.29, 0.717) is 6.42 Å². The Kier molecular flexibility index (Phi) is 8.94. The van der Waals surface area contributed by atoms with Crippen molar-refractivity contribution in [3.8, 4) is 0 Å². The van der Waals surface area contributed by atoms with E-state index >= 15 is 0 Å². The molecule has 1 saturated heterocycles. The van der Waals surface area contributed by atoms with Gasteiger partial charge in [0.15, 0.2) is 0 Å². The van der Waals surface area contributed by atoms with Gasteiger partial charge in [-0.25, -0.2) is 4.79 Å². The van der Waals surface area contributed by atoms with Crippen LogP contribution < -0.4 is 0 Å². The van der Waals surface area contributed by atoms with Crippen molar-refractivity contribution >= 4 is 11.9 Å². The van der Waals surface area contributed by atoms with Crippen LogP contribution in [-0.4, -0.2) is 35.0 Å². The molecule has 1 aromatic carbocycles. The molecule has 0 aliphatic carbocycles. The fourth-order valence-corrected chi connectivity index (χ4v) is 4.00. The summed E-state index contributed by atoms with van der Waals surface area (Å²) in [6.45, 7) is 11.0. The van der Waals surface area contributed by atoms with Gasteiger partial charge >= 0.3 is 11.9 Å². The van der Waals surface area contributed by atoms with Gasteiger partial charge in [0.2, 0.25) is 0 Å². The summed E-state index contributed by atoms with van der Waals surface area (Å²) in [6.07, 6.45) is 5.97. The van der Waals surface area contributed by atoms with Gasteiger partial charge in [0, 0.05) is 24.4 Å². The zero-order valence-corrected chi connectivity index (χ0v) is 19.1. The molecule has 1 heterocycles. The summed E-state index contributed by atoms with van der Waals surface area (Å²) in [5.41, 5.74) is 1.42. The van der Waals surface area contributed by atoms with Crippen LogP contribution in [0.1, 0.15) is 72.3 Å². The predicted octanol–water partition coefficient (Wildman–Crippen LogP) is 5.25. The number of allylic oxidation sites excluding steroid dienone is 1. The van der Waals surface area contributed by atoms with Crippen LogP contribution in [0.15, 0.2) is 42.1 Å². The summed E-state index contributed by atoms with van der Waals surface area (Å²) in [4.78, 5) is 27.6. The lowest BCUT2D eigenvalue weighted by molar-refractivity contribution is -0.162. The molecule has 0 saturated carbocycles. The zero-order valence-electron chi connectivity index (χ0n) is 19.1. The first-order valence-electron chi connectivity index (χ1n) is 11.2. The van der Waals surface area contributed by atoms with E-state index in [1.54, 1.807) is 6.08 Å². The van der Waals surface area contributed by atoms with Crippen molar-refractivity contribution in [2.45, 2.75) is 85.0 Å². The molecule has 0 N–H and O–H groups in total. The molecular formula is C25H37NO4. The summed E-state index contributed by atoms with van der Waals surface area (Å²) < 4.78 is 11.1. The SMILES string of the molecule is CCC[C@H]([C@@H](CC)C(=O)OC(C)(C)C)N1CCC/C1=C\C(=O)OCc1ccccc1. The molecule has 1 aliphatic rings. The Labute approximate surface area is 181 Å². The number of rotatable bonds is 9. The van der Waals surface area contributed by atoms with Crippen LogP contribution >= 0.6 is 0 Å². The van der Waals surface area contributed by atoms with Crippen molar-refractivity contribution in [1.29, 1.82) is 0 Å². The third-order valence-corrected chi connectivity index (χ3v) is 5.31. The number of hydrogen-bond donors (Lipinski definition) is 0. The molecule has 0 amide bonds. The average Bonchev–Trinajstić information content (AvgIpc) is 3.13. The maximum atomic E-state index is 12.9. The molecule has 5 nitrogen and oxygen atoms in total. The minimum atomic E-state index is -0.508. The van der Waals surface area contributed by atoms with Crippen molar-refractivity contribution < 1.29 is 19.1 Å². The average molecular weight is 416 g/mol. The van der Waals surface area contributed by atoms with E-state index in [2.05, 4.69) is 11.8 Å². The Balaban J connectivity index is 2.12. The Morgan fingerprint density at radius 2 is 1.87 bits per heavy atom. The van der Waals surface area contributed by atoms with Crippen molar-refractivity contribution in [2.24, 2.45) is 5.92 Å². The highest BCUT2D eigenvalue weighted by molar-refractivity contribution is 5.82. The molecule has 5 heteroatoms. The van der Waals surface area contributed by atoms with Gasteiger partial charge in [0.25, 0.3) is 0 Å². The van der Waals surface area contributed by atoms with Gasteiger partial charge in [0.05, 0.1) is 5.92 Å². The lowest BCUT2D eigenvalue weighted by atomic mass is 9.91. The fourth-order valence-electron chi connectivity index (χ4n) is 4.00. The van der Waals surface area contributed by atoms with Gasteiger partial charge in [-0.1, -0.05) is 50.6 Å². The summed E-state index contributed by atoms with van der Waals surface area (Å²) in [6, 6.07) is 9.70. The normalized spacial score (nSPS) is 17.6. The number of hydrogen-bond acceptors (Lipinski definition) is 5. The maximum Gasteiger partial charge on any atom is 0.332 e. The molecule has 0 spiro atoms. The first-order valence-corrected chi connectivity index (χ1v) is 11.2. The highest BCUT2D eigenvalue weighted by atomic mass is 16.6. The smallest absolute Gasteiger partial charge is 0.332 e. The Morgan fingerprint density at radius 1 is 1.17 bits per heavy atom. The van der Waals surface area contributed by atoms with Crippen LogP contribution in [0.2, 0.25) is 0 Å². The van der Waals surface area contributed by atoms with Crippen molar-refractivity contribution in [1.82, 2.24) is 4.90 Å². The van der Waals surface area contributed by atoms with Crippen LogP contribution in [0, 0.1) is 5.92 Å². The highest BCUT2D eigenvalue weighted by Gasteiger charge is 2.36. The lowest BCUT2D eigenvalue weighted by Crippen LogP contribution is -2.43. The van der Waals surface area contributed by atoms with E-state index in [9.17, 15) is 9.59 Å². The molecule has 0 radical (unpaired) electrons. The van der Waals surface area contributed by atoms with Crippen LogP contribution in [0.4, 0.5) is 0 Å². The number of benzene rings is 1. The molecular weight excluding hydrogens is 378 g/mol. The van der Waals surface area contributed by atoms with Crippen molar-refractivity contribution in [3.63, 3.8) is 0 Å². The van der Waals surface area contributed by atoms with E-state index in [4.69, 9.17) is 9.47 Å². The third kappa shape index (κ3) is 7.19. The summed E-state index contributed by atoms with van der Waals surface area (Å²) in [7, 11) is 0. The third-order valence-electron chi connectivity index (χ3n) is 5.31. The first-order chi connectivity index (χ1) is 14.2. The van der Waals surface area contributed by atoms with Crippen LogP contribution in [0.5, 0.6) is 0 Å². The van der Waals surface area contributed by atoms with Gasteiger partial charge in [-0.2, -0.15) is 0 Å². The number of likely N-dealkylation sites (tertiary alicyclic amines) is 1. The summed E-state index contributed by atoms with van der Waals surface area (Å²) >= 11 is 0. The number of esters is 2. The molecule has 1 aliphatic heterocycles. The van der Waals surface area contributed by atoms with E-state index in [0.717, 1.165) is 43.5 Å². The second-order valence-electron chi connectivity index (χ2n) is 8.93. The Hall–Kier alpha value is -2.30. The summed E-state index contributed by atoms with van der Waals surface area (Å²) in [5.74, 6) is -0.700. The van der Waals surface area contributed by atoms with Gasteiger partial charge in [-0.15, -0.1) is 0 Å². The number of nitrogens with zero attached hydrogens (tertiary/aromatic N) is 1. The van der Waals surface area contributed by atoms with Crippen molar-refractivity contribution in [2.75, 3.05) is 6.54 Å². The number of carbonyl (C=O) groups excluding carboxylic acids is 2. The minimum Gasteiger partial charge on any atom is -0.460 e. The molecule has 30 heavy (non-hydrogen) atoms. The zero-order chi connectivity index (χ0) is 22.1. The second-order valence-corrected chi connectivity index (χ2v) is 8.93.